The van der Waals surface area contributed by atoms with Crippen LogP contribution in [0.1, 0.15) is 18.4 Å². The quantitative estimate of drug-likeness (QED) is 0.875. The average Bonchev–Trinajstić information content (AvgIpc) is 2.94. The topological polar surface area (TPSA) is 69.4 Å². The van der Waals surface area contributed by atoms with Gasteiger partial charge < -0.3 is 10.5 Å². The van der Waals surface area contributed by atoms with Gasteiger partial charge in [0.15, 0.2) is 9.84 Å². The van der Waals surface area contributed by atoms with Crippen LogP contribution in [0.5, 0.6) is 5.75 Å². The lowest BCUT2D eigenvalue weighted by molar-refractivity contribution is 0.402. The van der Waals surface area contributed by atoms with Crippen molar-refractivity contribution >= 4 is 9.84 Å². The van der Waals surface area contributed by atoms with Gasteiger partial charge >= 0.3 is 0 Å². The first-order valence-electron chi connectivity index (χ1n) is 5.50. The van der Waals surface area contributed by atoms with E-state index in [1.807, 2.05) is 6.07 Å². The Kier molecular flexibility index (Phi) is 2.91. The van der Waals surface area contributed by atoms with Crippen molar-refractivity contribution in [3.8, 4) is 5.75 Å². The van der Waals surface area contributed by atoms with E-state index in [0.717, 1.165) is 24.8 Å². The third-order valence-electron chi connectivity index (χ3n) is 3.08. The smallest absolute Gasteiger partial charge is 0.179 e. The molecule has 0 amide bonds. The molecule has 17 heavy (non-hydrogen) atoms. The Morgan fingerprint density at radius 3 is 2.53 bits per heavy atom. The van der Waals surface area contributed by atoms with Gasteiger partial charge in [0.05, 0.1) is 7.11 Å². The minimum atomic E-state index is -3.25. The van der Waals surface area contributed by atoms with E-state index >= 15 is 0 Å². The molecule has 1 aromatic carbocycles. The van der Waals surface area contributed by atoms with Crippen LogP contribution in [-0.4, -0.2) is 27.3 Å². The Hall–Kier alpha value is -1.07. The minimum Gasteiger partial charge on any atom is -0.495 e. The third-order valence-corrected chi connectivity index (χ3v) is 4.21. The Morgan fingerprint density at radius 2 is 2.06 bits per heavy atom. The summed E-state index contributed by atoms with van der Waals surface area (Å²) in [6.45, 7) is 0. The standard InChI is InChI=1S/C12H17NO3S/c1-16-10-7-9(8-12(13)5-6-12)3-4-11(10)17(2,14)15/h3-4,7H,5-6,8,13H2,1-2H3. The molecule has 0 spiro atoms. The predicted molar refractivity (Wildman–Crippen MR) is 66.0 cm³/mol. The largest absolute Gasteiger partial charge is 0.495 e. The molecule has 2 N–H and O–H groups in total. The number of methoxy groups -OCH3 is 1. The molecule has 1 aliphatic rings. The molecule has 0 aliphatic heterocycles. The lowest BCUT2D eigenvalue weighted by Crippen LogP contribution is -2.24. The maximum Gasteiger partial charge on any atom is 0.179 e. The highest BCUT2D eigenvalue weighted by Gasteiger charge is 2.38. The zero-order valence-electron chi connectivity index (χ0n) is 10.1. The molecule has 4 nitrogen and oxygen atoms in total. The highest BCUT2D eigenvalue weighted by molar-refractivity contribution is 7.90. The van der Waals surface area contributed by atoms with Gasteiger partial charge in [-0.2, -0.15) is 0 Å². The van der Waals surface area contributed by atoms with E-state index in [-0.39, 0.29) is 10.4 Å². The van der Waals surface area contributed by atoms with Crippen LogP contribution in [0.25, 0.3) is 0 Å². The summed E-state index contributed by atoms with van der Waals surface area (Å²) in [5.41, 5.74) is 6.97. The van der Waals surface area contributed by atoms with Crippen LogP contribution in [0.2, 0.25) is 0 Å². The summed E-state index contributed by atoms with van der Waals surface area (Å²) >= 11 is 0. The van der Waals surface area contributed by atoms with Gasteiger partial charge in [0.2, 0.25) is 0 Å². The second-order valence-corrected chi connectivity index (χ2v) is 6.78. The highest BCUT2D eigenvalue weighted by atomic mass is 32.2. The second kappa shape index (κ2) is 3.99. The number of hydrogen-bond acceptors (Lipinski definition) is 4. The Morgan fingerprint density at radius 1 is 1.41 bits per heavy atom. The molecule has 94 valence electrons. The van der Waals surface area contributed by atoms with Gasteiger partial charge in [0.1, 0.15) is 10.6 Å². The van der Waals surface area contributed by atoms with Crippen LogP contribution in [0.4, 0.5) is 0 Å². The number of benzene rings is 1. The fraction of sp³-hybridized carbons (Fsp3) is 0.500. The molecule has 1 fully saturated rings. The molecule has 1 aromatic rings. The molecule has 2 rings (SSSR count). The molecule has 5 heteroatoms. The summed E-state index contributed by atoms with van der Waals surface area (Å²) in [5.74, 6) is 0.397. The van der Waals surface area contributed by atoms with Crippen molar-refractivity contribution in [3.63, 3.8) is 0 Å². The minimum absolute atomic E-state index is 0.0857. The molecule has 0 radical (unpaired) electrons. The molecule has 0 unspecified atom stereocenters. The van der Waals surface area contributed by atoms with Crippen molar-refractivity contribution in [2.24, 2.45) is 5.73 Å². The molecule has 0 aromatic heterocycles. The molecule has 1 saturated carbocycles. The van der Waals surface area contributed by atoms with Crippen LogP contribution in [0.15, 0.2) is 23.1 Å². The van der Waals surface area contributed by atoms with E-state index in [1.54, 1.807) is 12.1 Å². The van der Waals surface area contributed by atoms with Gasteiger partial charge in [-0.3, -0.25) is 0 Å². The first-order valence-corrected chi connectivity index (χ1v) is 7.39. The van der Waals surface area contributed by atoms with Crippen molar-refractivity contribution in [2.45, 2.75) is 29.7 Å². The SMILES string of the molecule is COc1cc(CC2(N)CC2)ccc1S(C)(=O)=O. The van der Waals surface area contributed by atoms with Gasteiger partial charge in [-0.25, -0.2) is 8.42 Å². The van der Waals surface area contributed by atoms with E-state index in [2.05, 4.69) is 0 Å². The van der Waals surface area contributed by atoms with Crippen LogP contribution >= 0.6 is 0 Å². The normalized spacial score (nSPS) is 17.8. The monoisotopic (exact) mass is 255 g/mol. The number of ether oxygens (including phenoxy) is 1. The second-order valence-electron chi connectivity index (χ2n) is 4.80. The van der Waals surface area contributed by atoms with Crippen molar-refractivity contribution < 1.29 is 13.2 Å². The fourth-order valence-electron chi connectivity index (χ4n) is 1.87. The van der Waals surface area contributed by atoms with E-state index in [4.69, 9.17) is 10.5 Å². The maximum absolute atomic E-state index is 11.5. The van der Waals surface area contributed by atoms with E-state index in [0.29, 0.717) is 5.75 Å². The zero-order chi connectivity index (χ0) is 12.7. The predicted octanol–water partition coefficient (Wildman–Crippen LogP) is 1.13. The molecule has 0 saturated heterocycles. The molecule has 0 bridgehead atoms. The van der Waals surface area contributed by atoms with E-state index in [1.165, 1.54) is 13.4 Å². The van der Waals surface area contributed by atoms with Gasteiger partial charge in [0, 0.05) is 11.8 Å². The third kappa shape index (κ3) is 2.79. The maximum atomic E-state index is 11.5. The Bertz CT molecular complexity index is 533. The number of hydrogen-bond donors (Lipinski definition) is 1. The summed E-state index contributed by atoms with van der Waals surface area (Å²) in [5, 5.41) is 0. The summed E-state index contributed by atoms with van der Waals surface area (Å²) in [6.07, 6.45) is 4.01. The van der Waals surface area contributed by atoms with Gasteiger partial charge in [-0.15, -0.1) is 0 Å². The lowest BCUT2D eigenvalue weighted by atomic mass is 10.0. The average molecular weight is 255 g/mol. The lowest BCUT2D eigenvalue weighted by Gasteiger charge is -2.12. The van der Waals surface area contributed by atoms with Crippen LogP contribution in [0, 0.1) is 0 Å². The summed E-state index contributed by atoms with van der Waals surface area (Å²) < 4.78 is 28.2. The number of nitrogens with two attached hydrogens (primary N) is 1. The molecule has 1 aliphatic carbocycles. The summed E-state index contributed by atoms with van der Waals surface area (Å²) in [7, 11) is -1.77. The van der Waals surface area contributed by atoms with Crippen LogP contribution < -0.4 is 10.5 Å². The first kappa shape index (κ1) is 12.4. The van der Waals surface area contributed by atoms with E-state index in [9.17, 15) is 8.42 Å². The van der Waals surface area contributed by atoms with Crippen molar-refractivity contribution in [2.75, 3.05) is 13.4 Å². The van der Waals surface area contributed by atoms with Crippen LogP contribution in [0.3, 0.4) is 0 Å². The van der Waals surface area contributed by atoms with Crippen molar-refractivity contribution in [3.05, 3.63) is 23.8 Å². The number of sulfone groups is 1. The summed E-state index contributed by atoms with van der Waals surface area (Å²) in [4.78, 5) is 0.227. The summed E-state index contributed by atoms with van der Waals surface area (Å²) in [6, 6.07) is 5.17. The molecular weight excluding hydrogens is 238 g/mol. The van der Waals surface area contributed by atoms with Crippen LogP contribution in [-0.2, 0) is 16.3 Å². The Labute approximate surface area is 102 Å². The fourth-order valence-corrected chi connectivity index (χ4v) is 2.70. The van der Waals surface area contributed by atoms with Gasteiger partial charge in [0.25, 0.3) is 0 Å². The van der Waals surface area contributed by atoms with Gasteiger partial charge in [-0.05, 0) is 37.0 Å². The Balaban J connectivity index is 2.34. The molecular formula is C12H17NO3S. The van der Waals surface area contributed by atoms with Crippen molar-refractivity contribution in [1.29, 1.82) is 0 Å². The molecule has 0 heterocycles. The van der Waals surface area contributed by atoms with E-state index < -0.39 is 9.84 Å². The zero-order valence-corrected chi connectivity index (χ0v) is 10.9. The molecule has 0 atom stereocenters. The first-order chi connectivity index (χ1) is 7.84. The van der Waals surface area contributed by atoms with Gasteiger partial charge in [-0.1, -0.05) is 6.07 Å². The number of rotatable bonds is 4. The highest BCUT2D eigenvalue weighted by Crippen LogP contribution is 2.36. The van der Waals surface area contributed by atoms with Crippen molar-refractivity contribution in [1.82, 2.24) is 0 Å².